The molecule has 0 aromatic heterocycles. The lowest BCUT2D eigenvalue weighted by Crippen LogP contribution is -2.59. The molecule has 0 aliphatic carbocycles. The van der Waals surface area contributed by atoms with E-state index >= 15 is 0 Å². The summed E-state index contributed by atoms with van der Waals surface area (Å²) >= 11 is 0. The molecule has 0 bridgehead atoms. The van der Waals surface area contributed by atoms with E-state index in [0.717, 1.165) is 18.8 Å². The first-order valence-electron chi connectivity index (χ1n) is 11.8. The van der Waals surface area contributed by atoms with Gasteiger partial charge in [0.15, 0.2) is 0 Å². The summed E-state index contributed by atoms with van der Waals surface area (Å²) in [6.07, 6.45) is 3.39. The molecule has 0 aromatic rings. The highest BCUT2D eigenvalue weighted by atomic mass is 16.5. The first kappa shape index (κ1) is 29.4. The van der Waals surface area contributed by atoms with Gasteiger partial charge in [0.1, 0.15) is 0 Å². The summed E-state index contributed by atoms with van der Waals surface area (Å²) in [4.78, 5) is 11.2. The third-order valence-electron chi connectivity index (χ3n) is 8.45. The molecule has 1 N–H and O–H groups in total. The number of hydrogen-bond acceptors (Lipinski definition) is 3. The lowest BCUT2D eigenvalue weighted by Gasteiger charge is -2.50. The number of hydrogen-bond donors (Lipinski definition) is 1. The molecule has 0 spiro atoms. The van der Waals surface area contributed by atoms with Crippen molar-refractivity contribution in [1.82, 2.24) is 5.32 Å². The van der Waals surface area contributed by atoms with Crippen LogP contribution in [-0.4, -0.2) is 36.4 Å². The Labute approximate surface area is 188 Å². The molecular weight excluding hydrogens is 374 g/mol. The number of nitrogens with one attached hydrogen (secondary N) is 1. The average molecular weight is 428 g/mol. The lowest BCUT2D eigenvalue weighted by atomic mass is 9.66. The van der Waals surface area contributed by atoms with Gasteiger partial charge < -0.3 is 14.8 Å². The molecule has 8 atom stereocenters. The Morgan fingerprint density at radius 3 is 1.60 bits per heavy atom. The van der Waals surface area contributed by atoms with Crippen molar-refractivity contribution in [2.24, 2.45) is 28.6 Å². The summed E-state index contributed by atoms with van der Waals surface area (Å²) in [6, 6.07) is 0.121. The van der Waals surface area contributed by atoms with E-state index in [1.54, 1.807) is 6.92 Å². The SMILES string of the molecule is C.CCC1OC(C)C(C)[C@@H](C)C1(C)C.CCC1OC(C)C(NC(C)=O)[C@@H](C)C1(C)C. The maximum atomic E-state index is 11.2. The Bertz CT molecular complexity index is 526. The smallest absolute Gasteiger partial charge is 0.217 e. The van der Waals surface area contributed by atoms with Crippen LogP contribution in [0, 0.1) is 28.6 Å². The summed E-state index contributed by atoms with van der Waals surface area (Å²) in [5.41, 5.74) is 0.440. The Kier molecular flexibility index (Phi) is 11.1. The highest BCUT2D eigenvalue weighted by Gasteiger charge is 2.46. The molecule has 2 aliphatic heterocycles. The monoisotopic (exact) mass is 427 g/mol. The molecule has 6 unspecified atom stereocenters. The standard InChI is InChI=1S/C13H25NO2.C12H24O.CH4/c1-7-11-13(5,6)8(2)12(9(3)16-11)14-10(4)15;1-7-11-12(5,6)9(3)8(2)10(4)13-11;/h8-9,11-12H,7H2,1-6H3,(H,14,15);8-11H,7H2,1-6H3;1H4/t8-,9?,11?,12?;8?,9-,10?,11?;/m11./s1. The summed E-state index contributed by atoms with van der Waals surface area (Å²) in [7, 11) is 0. The predicted octanol–water partition coefficient (Wildman–Crippen LogP) is 6.47. The van der Waals surface area contributed by atoms with Crippen LogP contribution in [0.15, 0.2) is 0 Å². The first-order chi connectivity index (χ1) is 13.2. The van der Waals surface area contributed by atoms with Gasteiger partial charge in [0.05, 0.1) is 30.5 Å². The molecule has 0 saturated carbocycles. The third kappa shape index (κ3) is 6.22. The van der Waals surface area contributed by atoms with Gasteiger partial charge in [-0.3, -0.25) is 4.79 Å². The second-order valence-electron chi connectivity index (χ2n) is 10.8. The molecule has 30 heavy (non-hydrogen) atoms. The second-order valence-corrected chi connectivity index (χ2v) is 10.8. The average Bonchev–Trinajstić information content (AvgIpc) is 2.64. The van der Waals surface area contributed by atoms with Crippen LogP contribution >= 0.6 is 0 Å². The molecular formula is C26H53NO3. The van der Waals surface area contributed by atoms with Crippen molar-refractivity contribution in [3.05, 3.63) is 0 Å². The van der Waals surface area contributed by atoms with Crippen LogP contribution in [0.4, 0.5) is 0 Å². The summed E-state index contributed by atoms with van der Waals surface area (Å²) in [6.45, 7) is 26.2. The van der Waals surface area contributed by atoms with Crippen molar-refractivity contribution in [2.75, 3.05) is 0 Å². The zero-order chi connectivity index (χ0) is 22.7. The van der Waals surface area contributed by atoms with Gasteiger partial charge in [0.25, 0.3) is 0 Å². The van der Waals surface area contributed by atoms with E-state index < -0.39 is 0 Å². The topological polar surface area (TPSA) is 47.6 Å². The van der Waals surface area contributed by atoms with Crippen molar-refractivity contribution < 1.29 is 14.3 Å². The molecule has 2 aliphatic rings. The van der Waals surface area contributed by atoms with E-state index in [2.05, 4.69) is 81.5 Å². The maximum absolute atomic E-state index is 11.2. The number of ether oxygens (including phenoxy) is 2. The van der Waals surface area contributed by atoms with Crippen LogP contribution in [0.5, 0.6) is 0 Å². The van der Waals surface area contributed by atoms with E-state index in [9.17, 15) is 4.79 Å². The maximum Gasteiger partial charge on any atom is 0.217 e. The molecule has 4 heteroatoms. The number of carbonyl (C=O) groups excluding carboxylic acids is 1. The Hall–Kier alpha value is -0.610. The van der Waals surface area contributed by atoms with Crippen LogP contribution in [0.1, 0.15) is 103 Å². The van der Waals surface area contributed by atoms with Crippen molar-refractivity contribution in [3.8, 4) is 0 Å². The zero-order valence-corrected chi connectivity index (χ0v) is 21.3. The Morgan fingerprint density at radius 1 is 0.800 bits per heavy atom. The van der Waals surface area contributed by atoms with Gasteiger partial charge >= 0.3 is 0 Å². The number of carbonyl (C=O) groups is 1. The fourth-order valence-corrected chi connectivity index (χ4v) is 5.34. The zero-order valence-electron chi connectivity index (χ0n) is 21.3. The Balaban J connectivity index is 0.000000553. The summed E-state index contributed by atoms with van der Waals surface area (Å²) in [5.74, 6) is 1.88. The van der Waals surface area contributed by atoms with Gasteiger partial charge in [-0.25, -0.2) is 0 Å². The minimum absolute atomic E-state index is 0. The predicted molar refractivity (Wildman–Crippen MR) is 129 cm³/mol. The number of rotatable bonds is 3. The normalized spacial score (nSPS) is 39.7. The molecule has 0 radical (unpaired) electrons. The fourth-order valence-electron chi connectivity index (χ4n) is 5.34. The minimum Gasteiger partial charge on any atom is -0.374 e. The molecule has 2 rings (SSSR count). The van der Waals surface area contributed by atoms with Crippen molar-refractivity contribution in [2.45, 2.75) is 134 Å². The van der Waals surface area contributed by atoms with E-state index in [1.165, 1.54) is 0 Å². The van der Waals surface area contributed by atoms with Gasteiger partial charge in [0, 0.05) is 6.92 Å². The van der Waals surface area contributed by atoms with Crippen molar-refractivity contribution in [1.29, 1.82) is 0 Å². The molecule has 4 nitrogen and oxygen atoms in total. The molecule has 2 heterocycles. The van der Waals surface area contributed by atoms with E-state index in [1.807, 2.05) is 0 Å². The van der Waals surface area contributed by atoms with Crippen molar-refractivity contribution in [3.63, 3.8) is 0 Å². The fraction of sp³-hybridized carbons (Fsp3) is 0.962. The highest BCUT2D eigenvalue weighted by Crippen LogP contribution is 2.45. The summed E-state index contributed by atoms with van der Waals surface area (Å²) in [5, 5.41) is 3.02. The van der Waals surface area contributed by atoms with Gasteiger partial charge in [-0.2, -0.15) is 0 Å². The van der Waals surface area contributed by atoms with Gasteiger partial charge in [-0.1, -0.05) is 69.7 Å². The second kappa shape index (κ2) is 11.3. The van der Waals surface area contributed by atoms with Crippen LogP contribution in [-0.2, 0) is 14.3 Å². The first-order valence-corrected chi connectivity index (χ1v) is 11.8. The molecule has 180 valence electrons. The largest absolute Gasteiger partial charge is 0.374 e. The highest BCUT2D eigenvalue weighted by molar-refractivity contribution is 5.73. The van der Waals surface area contributed by atoms with Gasteiger partial charge in [-0.05, 0) is 55.3 Å². The van der Waals surface area contributed by atoms with E-state index in [-0.39, 0.29) is 37.0 Å². The van der Waals surface area contributed by atoms with Crippen LogP contribution in [0.25, 0.3) is 0 Å². The molecule has 2 saturated heterocycles. The molecule has 2 fully saturated rings. The van der Waals surface area contributed by atoms with Gasteiger partial charge in [-0.15, -0.1) is 0 Å². The lowest BCUT2D eigenvalue weighted by molar-refractivity contribution is -0.166. The van der Waals surface area contributed by atoms with E-state index in [0.29, 0.717) is 29.5 Å². The summed E-state index contributed by atoms with van der Waals surface area (Å²) < 4.78 is 12.1. The van der Waals surface area contributed by atoms with Crippen LogP contribution in [0.2, 0.25) is 0 Å². The van der Waals surface area contributed by atoms with Crippen LogP contribution in [0.3, 0.4) is 0 Å². The van der Waals surface area contributed by atoms with E-state index in [4.69, 9.17) is 9.47 Å². The molecule has 1 amide bonds. The van der Waals surface area contributed by atoms with Crippen molar-refractivity contribution >= 4 is 5.91 Å². The third-order valence-corrected chi connectivity index (χ3v) is 8.45. The minimum atomic E-state index is 0. The molecule has 0 aromatic carbocycles. The Morgan fingerprint density at radius 2 is 1.20 bits per heavy atom. The quantitative estimate of drug-likeness (QED) is 0.561. The van der Waals surface area contributed by atoms with Gasteiger partial charge in [0.2, 0.25) is 5.91 Å². The van der Waals surface area contributed by atoms with Crippen LogP contribution < -0.4 is 5.32 Å². The number of amides is 1.